The van der Waals surface area contributed by atoms with Gasteiger partial charge in [-0.3, -0.25) is 9.78 Å². The number of pyridine rings is 2. The Hall–Kier alpha value is -4.34. The van der Waals surface area contributed by atoms with Gasteiger partial charge in [0.15, 0.2) is 0 Å². The predicted octanol–water partition coefficient (Wildman–Crippen LogP) is 3.66. The number of benzene rings is 1. The maximum Gasteiger partial charge on any atom is 0.339 e. The van der Waals surface area contributed by atoms with Gasteiger partial charge in [0.05, 0.1) is 22.9 Å². The maximum atomic E-state index is 13.1. The maximum absolute atomic E-state index is 13.1. The van der Waals surface area contributed by atoms with Gasteiger partial charge in [-0.1, -0.05) is 17.3 Å². The van der Waals surface area contributed by atoms with Gasteiger partial charge >= 0.3 is 5.97 Å². The largest absolute Gasteiger partial charge is 0.459 e. The van der Waals surface area contributed by atoms with Crippen LogP contribution in [0.15, 0.2) is 47.2 Å². The summed E-state index contributed by atoms with van der Waals surface area (Å²) in [5.41, 5.74) is 2.26. The average Bonchev–Trinajstić information content (AvgIpc) is 3.31. The quantitative estimate of drug-likeness (QED) is 0.390. The molecule has 1 aliphatic heterocycles. The molecule has 10 heteroatoms. The number of hydrogen-bond acceptors (Lipinski definition) is 9. The predicted molar refractivity (Wildman–Crippen MR) is 133 cm³/mol. The van der Waals surface area contributed by atoms with E-state index < -0.39 is 5.97 Å². The molecular formula is C26H26N6O4. The van der Waals surface area contributed by atoms with Crippen molar-refractivity contribution in [2.75, 3.05) is 25.0 Å². The number of esters is 1. The summed E-state index contributed by atoms with van der Waals surface area (Å²) in [6.45, 7) is 6.84. The number of amides is 1. The van der Waals surface area contributed by atoms with E-state index in [1.807, 2.05) is 24.3 Å². The number of fused-ring (bicyclic) bond motifs is 2. The van der Waals surface area contributed by atoms with Crippen LogP contribution in [0.2, 0.25) is 0 Å². The number of rotatable bonds is 7. The molecule has 1 aliphatic rings. The van der Waals surface area contributed by atoms with E-state index in [-0.39, 0.29) is 17.6 Å². The highest BCUT2D eigenvalue weighted by molar-refractivity contribution is 5.99. The minimum atomic E-state index is -0.482. The van der Waals surface area contributed by atoms with Gasteiger partial charge < -0.3 is 19.5 Å². The van der Waals surface area contributed by atoms with Crippen molar-refractivity contribution in [1.29, 1.82) is 0 Å². The van der Waals surface area contributed by atoms with Crippen LogP contribution < -0.4 is 5.32 Å². The summed E-state index contributed by atoms with van der Waals surface area (Å²) in [5, 5.41) is 9.30. The SMILES string of the molecule is Cc1nc(-c2ccc3ccnc(NCCN4CCc5ncc(C(=O)OC(C)C)cc5C4=O)c3c2)no1. The van der Waals surface area contributed by atoms with Crippen LogP contribution >= 0.6 is 0 Å². The van der Waals surface area contributed by atoms with E-state index in [1.54, 1.807) is 37.9 Å². The lowest BCUT2D eigenvalue weighted by Gasteiger charge is -2.28. The van der Waals surface area contributed by atoms with Crippen LogP contribution in [0.25, 0.3) is 22.2 Å². The molecule has 10 nitrogen and oxygen atoms in total. The second kappa shape index (κ2) is 9.73. The monoisotopic (exact) mass is 486 g/mol. The molecule has 4 heterocycles. The lowest BCUT2D eigenvalue weighted by Crippen LogP contribution is -2.41. The van der Waals surface area contributed by atoms with Crippen LogP contribution in [0, 0.1) is 6.92 Å². The lowest BCUT2D eigenvalue weighted by molar-refractivity contribution is 0.0377. The number of nitrogens with zero attached hydrogens (tertiary/aromatic N) is 5. The Morgan fingerprint density at radius 2 is 2.08 bits per heavy atom. The zero-order valence-electron chi connectivity index (χ0n) is 20.3. The van der Waals surface area contributed by atoms with Gasteiger partial charge in [0.2, 0.25) is 11.7 Å². The number of carbonyl (C=O) groups excluding carboxylic acids is 2. The molecule has 4 aromatic rings. The van der Waals surface area contributed by atoms with Gasteiger partial charge in [-0.25, -0.2) is 9.78 Å². The number of aryl methyl sites for hydroxylation is 1. The van der Waals surface area contributed by atoms with Crippen LogP contribution in [-0.4, -0.2) is 62.6 Å². The van der Waals surface area contributed by atoms with Crippen LogP contribution in [0.3, 0.4) is 0 Å². The van der Waals surface area contributed by atoms with Crippen LogP contribution in [-0.2, 0) is 11.2 Å². The van der Waals surface area contributed by atoms with E-state index >= 15 is 0 Å². The summed E-state index contributed by atoms with van der Waals surface area (Å²) in [4.78, 5) is 40.3. The molecule has 0 aliphatic carbocycles. The number of carbonyl (C=O) groups is 2. The van der Waals surface area contributed by atoms with Crippen molar-refractivity contribution in [2.45, 2.75) is 33.3 Å². The summed E-state index contributed by atoms with van der Waals surface area (Å²) in [6.07, 6.45) is 3.60. The van der Waals surface area contributed by atoms with E-state index in [0.717, 1.165) is 16.3 Å². The van der Waals surface area contributed by atoms with Crippen LogP contribution in [0.1, 0.15) is 46.1 Å². The van der Waals surface area contributed by atoms with Crippen LogP contribution in [0.4, 0.5) is 5.82 Å². The zero-order chi connectivity index (χ0) is 25.2. The average molecular weight is 487 g/mol. The molecule has 0 saturated heterocycles. The zero-order valence-corrected chi connectivity index (χ0v) is 20.3. The Morgan fingerprint density at radius 1 is 1.22 bits per heavy atom. The van der Waals surface area contributed by atoms with Crippen molar-refractivity contribution in [1.82, 2.24) is 25.0 Å². The molecule has 0 atom stereocenters. The molecule has 0 spiro atoms. The summed E-state index contributed by atoms with van der Waals surface area (Å²) >= 11 is 0. The molecule has 5 rings (SSSR count). The van der Waals surface area contributed by atoms with E-state index in [4.69, 9.17) is 9.26 Å². The van der Waals surface area contributed by atoms with Gasteiger partial charge in [0.1, 0.15) is 5.82 Å². The molecule has 36 heavy (non-hydrogen) atoms. The minimum Gasteiger partial charge on any atom is -0.459 e. The lowest BCUT2D eigenvalue weighted by atomic mass is 10.0. The molecule has 0 radical (unpaired) electrons. The van der Waals surface area contributed by atoms with Crippen molar-refractivity contribution in [3.8, 4) is 11.4 Å². The molecular weight excluding hydrogens is 460 g/mol. The third kappa shape index (κ3) is 4.74. The fourth-order valence-electron chi connectivity index (χ4n) is 4.17. The van der Waals surface area contributed by atoms with Gasteiger partial charge in [0, 0.05) is 56.3 Å². The van der Waals surface area contributed by atoms with E-state index in [1.165, 1.54) is 6.20 Å². The van der Waals surface area contributed by atoms with Crippen molar-refractivity contribution in [3.05, 3.63) is 65.4 Å². The molecule has 1 amide bonds. The first-order chi connectivity index (χ1) is 17.4. The Bertz CT molecular complexity index is 1450. The van der Waals surface area contributed by atoms with Gasteiger partial charge in [-0.15, -0.1) is 0 Å². The molecule has 184 valence electrons. The summed E-state index contributed by atoms with van der Waals surface area (Å²) in [6, 6.07) is 9.43. The van der Waals surface area contributed by atoms with E-state index in [2.05, 4.69) is 25.4 Å². The highest BCUT2D eigenvalue weighted by atomic mass is 16.5. The van der Waals surface area contributed by atoms with E-state index in [0.29, 0.717) is 54.8 Å². The third-order valence-corrected chi connectivity index (χ3v) is 5.91. The van der Waals surface area contributed by atoms with Crippen molar-refractivity contribution < 1.29 is 18.8 Å². The number of ether oxygens (including phenoxy) is 1. The van der Waals surface area contributed by atoms with E-state index in [9.17, 15) is 9.59 Å². The highest BCUT2D eigenvalue weighted by Gasteiger charge is 2.26. The number of aromatic nitrogens is 4. The molecule has 0 fully saturated rings. The normalized spacial score (nSPS) is 13.2. The Balaban J connectivity index is 1.29. The topological polar surface area (TPSA) is 123 Å². The fourth-order valence-corrected chi connectivity index (χ4v) is 4.17. The smallest absolute Gasteiger partial charge is 0.339 e. The van der Waals surface area contributed by atoms with Crippen molar-refractivity contribution in [2.24, 2.45) is 0 Å². The third-order valence-electron chi connectivity index (χ3n) is 5.91. The number of hydrogen-bond donors (Lipinski definition) is 1. The Labute approximate surface area is 207 Å². The molecule has 0 unspecified atom stereocenters. The van der Waals surface area contributed by atoms with Crippen molar-refractivity contribution >= 4 is 28.5 Å². The highest BCUT2D eigenvalue weighted by Crippen LogP contribution is 2.27. The first-order valence-corrected chi connectivity index (χ1v) is 11.8. The van der Waals surface area contributed by atoms with Gasteiger partial charge in [0.25, 0.3) is 5.91 Å². The van der Waals surface area contributed by atoms with Gasteiger partial charge in [-0.2, -0.15) is 4.98 Å². The second-order valence-electron chi connectivity index (χ2n) is 8.87. The number of nitrogens with one attached hydrogen (secondary N) is 1. The molecule has 1 aromatic carbocycles. The number of anilines is 1. The summed E-state index contributed by atoms with van der Waals surface area (Å²) < 4.78 is 10.3. The first-order valence-electron chi connectivity index (χ1n) is 11.8. The standard InChI is InChI=1S/C26H26N6O4/c1-15(2)35-26(34)19-13-21-22(29-14-19)7-10-32(25(21)33)11-9-28-24-20-12-18(23-30-16(3)36-31-23)5-4-17(20)6-8-27-24/h4-6,8,12-15H,7,9-11H2,1-3H3,(H,27,28). The fraction of sp³-hybridized carbons (Fsp3) is 0.308. The second-order valence-corrected chi connectivity index (χ2v) is 8.87. The summed E-state index contributed by atoms with van der Waals surface area (Å²) in [5.74, 6) is 1.10. The summed E-state index contributed by atoms with van der Waals surface area (Å²) in [7, 11) is 0. The van der Waals surface area contributed by atoms with Crippen LogP contribution in [0.5, 0.6) is 0 Å². The molecule has 1 N–H and O–H groups in total. The molecule has 0 bridgehead atoms. The Kier molecular flexibility index (Phi) is 6.32. The minimum absolute atomic E-state index is 0.148. The van der Waals surface area contributed by atoms with Gasteiger partial charge in [-0.05, 0) is 37.4 Å². The Morgan fingerprint density at radius 3 is 2.86 bits per heavy atom. The first kappa shape index (κ1) is 23.4. The molecule has 3 aromatic heterocycles. The molecule has 0 saturated carbocycles. The van der Waals surface area contributed by atoms with Crippen molar-refractivity contribution in [3.63, 3.8) is 0 Å².